The highest BCUT2D eigenvalue weighted by Crippen LogP contribution is 2.35. The molecule has 0 aliphatic heterocycles. The molecule has 0 saturated heterocycles. The van der Waals surface area contributed by atoms with E-state index in [1.807, 2.05) is 24.3 Å². The van der Waals surface area contributed by atoms with E-state index in [-0.39, 0.29) is 6.42 Å². The summed E-state index contributed by atoms with van der Waals surface area (Å²) in [6, 6.07) is 5.18. The minimum absolute atomic E-state index is 0.0462. The lowest BCUT2D eigenvalue weighted by atomic mass is 9.87. The van der Waals surface area contributed by atoms with Gasteiger partial charge in [-0.15, -0.1) is 0 Å². The van der Waals surface area contributed by atoms with Crippen LogP contribution in [0.1, 0.15) is 12.8 Å². The highest BCUT2D eigenvalue weighted by molar-refractivity contribution is 6.39. The first-order valence-corrected chi connectivity index (χ1v) is 6.56. The Kier molecular flexibility index (Phi) is 4.17. The average Bonchev–Trinajstić information content (AvgIpc) is 2.34. The summed E-state index contributed by atoms with van der Waals surface area (Å²) in [6.07, 6.45) is 7.98. The monoisotopic (exact) mass is 297 g/mol. The van der Waals surface area contributed by atoms with Gasteiger partial charge in [0.05, 0.1) is 27.7 Å². The molecule has 2 N–H and O–H groups in total. The molecule has 0 saturated carbocycles. The molecule has 1 unspecified atom stereocenters. The number of carboxylic acid groups (broad SMARTS) is 1. The van der Waals surface area contributed by atoms with E-state index in [4.69, 9.17) is 28.3 Å². The summed E-state index contributed by atoms with van der Waals surface area (Å²) in [7, 11) is 0. The van der Waals surface area contributed by atoms with Crippen molar-refractivity contribution < 1.29 is 9.90 Å². The molecular weight excluding hydrogens is 285 g/mol. The number of aliphatic carboxylic acids is 1. The van der Waals surface area contributed by atoms with Gasteiger partial charge in [0.25, 0.3) is 0 Å². The minimum atomic E-state index is -0.879. The number of allylic oxidation sites excluding steroid dienone is 2. The van der Waals surface area contributed by atoms with Crippen LogP contribution in [0, 0.1) is 0 Å². The standard InChI is InChI=1S/C14H13Cl2NO2/c15-10-5-4-6-11(16)13(10)17-14(9-12(18)19)7-2-1-3-8-14/h1-7,17H,8-9H2,(H,18,19). The number of para-hydroxylation sites is 1. The van der Waals surface area contributed by atoms with Crippen LogP contribution in [0.2, 0.25) is 10.0 Å². The number of rotatable bonds is 4. The predicted molar refractivity (Wildman–Crippen MR) is 78.0 cm³/mol. The number of nitrogens with one attached hydrogen (secondary N) is 1. The van der Waals surface area contributed by atoms with E-state index < -0.39 is 11.5 Å². The van der Waals surface area contributed by atoms with Crippen LogP contribution in [-0.4, -0.2) is 16.6 Å². The highest BCUT2D eigenvalue weighted by atomic mass is 35.5. The Morgan fingerprint density at radius 1 is 1.32 bits per heavy atom. The predicted octanol–water partition coefficient (Wildman–Crippen LogP) is 4.13. The molecule has 100 valence electrons. The number of carboxylic acids is 1. The maximum atomic E-state index is 11.1. The van der Waals surface area contributed by atoms with E-state index in [0.717, 1.165) is 0 Å². The fraction of sp³-hybridized carbons (Fsp3) is 0.214. The molecule has 2 rings (SSSR count). The van der Waals surface area contributed by atoms with Crippen LogP contribution in [-0.2, 0) is 4.79 Å². The highest BCUT2D eigenvalue weighted by Gasteiger charge is 2.31. The van der Waals surface area contributed by atoms with Gasteiger partial charge >= 0.3 is 5.97 Å². The van der Waals surface area contributed by atoms with E-state index in [9.17, 15) is 4.79 Å². The summed E-state index contributed by atoms with van der Waals surface area (Å²) in [4.78, 5) is 11.1. The third-order valence-electron chi connectivity index (χ3n) is 2.95. The number of benzene rings is 1. The Hall–Kier alpha value is -1.45. The number of hydrogen-bond donors (Lipinski definition) is 2. The van der Waals surface area contributed by atoms with Crippen LogP contribution in [0.5, 0.6) is 0 Å². The molecule has 0 aromatic heterocycles. The van der Waals surface area contributed by atoms with Gasteiger partial charge in [0.2, 0.25) is 0 Å². The zero-order chi connectivity index (χ0) is 13.9. The Labute approximate surface area is 121 Å². The normalized spacial score (nSPS) is 21.4. The summed E-state index contributed by atoms with van der Waals surface area (Å²) < 4.78 is 0. The lowest BCUT2D eigenvalue weighted by Crippen LogP contribution is -2.39. The largest absolute Gasteiger partial charge is 0.481 e. The molecule has 5 heteroatoms. The first-order chi connectivity index (χ1) is 9.02. The third-order valence-corrected chi connectivity index (χ3v) is 3.58. The maximum Gasteiger partial charge on any atom is 0.306 e. The van der Waals surface area contributed by atoms with Crippen LogP contribution in [0.3, 0.4) is 0 Å². The first kappa shape index (κ1) is 14.0. The van der Waals surface area contributed by atoms with Crippen molar-refractivity contribution in [2.75, 3.05) is 5.32 Å². The molecule has 1 aliphatic carbocycles. The minimum Gasteiger partial charge on any atom is -0.481 e. The van der Waals surface area contributed by atoms with Crippen molar-refractivity contribution in [3.8, 4) is 0 Å². The molecule has 19 heavy (non-hydrogen) atoms. The topological polar surface area (TPSA) is 49.3 Å². The summed E-state index contributed by atoms with van der Waals surface area (Å²) in [5, 5.41) is 13.2. The van der Waals surface area contributed by atoms with Crippen LogP contribution in [0.4, 0.5) is 5.69 Å². The zero-order valence-electron chi connectivity index (χ0n) is 10.1. The Morgan fingerprint density at radius 3 is 2.53 bits per heavy atom. The van der Waals surface area contributed by atoms with Crippen LogP contribution < -0.4 is 5.32 Å². The van der Waals surface area contributed by atoms with Crippen molar-refractivity contribution in [1.82, 2.24) is 0 Å². The molecule has 1 aromatic rings. The molecule has 0 heterocycles. The Morgan fingerprint density at radius 2 is 2.00 bits per heavy atom. The molecule has 1 aliphatic rings. The molecule has 0 bridgehead atoms. The molecule has 0 radical (unpaired) electrons. The van der Waals surface area contributed by atoms with Gasteiger partial charge in [0.15, 0.2) is 0 Å². The second-order valence-corrected chi connectivity index (χ2v) is 5.25. The zero-order valence-corrected chi connectivity index (χ0v) is 11.6. The fourth-order valence-corrected chi connectivity index (χ4v) is 2.56. The van der Waals surface area contributed by atoms with Gasteiger partial charge in [-0.2, -0.15) is 0 Å². The SMILES string of the molecule is O=C(O)CC1(Nc2c(Cl)cccc2Cl)C=CC=CC1. The van der Waals surface area contributed by atoms with Crippen molar-refractivity contribution in [3.63, 3.8) is 0 Å². The van der Waals surface area contributed by atoms with E-state index in [0.29, 0.717) is 22.2 Å². The first-order valence-electron chi connectivity index (χ1n) is 5.81. The summed E-state index contributed by atoms with van der Waals surface area (Å²) in [6.45, 7) is 0. The van der Waals surface area contributed by atoms with Gasteiger partial charge in [0, 0.05) is 0 Å². The van der Waals surface area contributed by atoms with Gasteiger partial charge in [-0.1, -0.05) is 53.6 Å². The molecule has 1 aromatic carbocycles. The van der Waals surface area contributed by atoms with Crippen molar-refractivity contribution >= 4 is 34.9 Å². The molecular formula is C14H13Cl2NO2. The van der Waals surface area contributed by atoms with Gasteiger partial charge in [-0.05, 0) is 18.6 Å². The molecule has 0 fully saturated rings. The Bertz CT molecular complexity index is 534. The number of anilines is 1. The second-order valence-electron chi connectivity index (χ2n) is 4.44. The molecule has 0 spiro atoms. The lowest BCUT2D eigenvalue weighted by molar-refractivity contribution is -0.137. The van der Waals surface area contributed by atoms with Gasteiger partial charge < -0.3 is 10.4 Å². The van der Waals surface area contributed by atoms with E-state index in [1.54, 1.807) is 18.2 Å². The number of halogens is 2. The third kappa shape index (κ3) is 3.31. The summed E-state index contributed by atoms with van der Waals surface area (Å²) in [5.74, 6) is -0.879. The molecule has 1 atom stereocenters. The summed E-state index contributed by atoms with van der Waals surface area (Å²) in [5.41, 5.74) is -0.137. The van der Waals surface area contributed by atoms with Crippen molar-refractivity contribution in [2.24, 2.45) is 0 Å². The smallest absolute Gasteiger partial charge is 0.306 e. The number of hydrogen-bond acceptors (Lipinski definition) is 2. The van der Waals surface area contributed by atoms with Crippen LogP contribution in [0.25, 0.3) is 0 Å². The van der Waals surface area contributed by atoms with Gasteiger partial charge in [-0.25, -0.2) is 0 Å². The van der Waals surface area contributed by atoms with Gasteiger partial charge in [0.1, 0.15) is 0 Å². The van der Waals surface area contributed by atoms with E-state index >= 15 is 0 Å². The molecule has 0 amide bonds. The fourth-order valence-electron chi connectivity index (χ4n) is 2.07. The lowest BCUT2D eigenvalue weighted by Gasteiger charge is -2.32. The second kappa shape index (κ2) is 5.68. The maximum absolute atomic E-state index is 11.1. The van der Waals surface area contributed by atoms with Crippen molar-refractivity contribution in [2.45, 2.75) is 18.4 Å². The van der Waals surface area contributed by atoms with Crippen LogP contribution >= 0.6 is 23.2 Å². The number of carbonyl (C=O) groups is 1. The van der Waals surface area contributed by atoms with Crippen molar-refractivity contribution in [1.29, 1.82) is 0 Å². The van der Waals surface area contributed by atoms with Crippen molar-refractivity contribution in [3.05, 3.63) is 52.5 Å². The van der Waals surface area contributed by atoms with Crippen LogP contribution in [0.15, 0.2) is 42.5 Å². The van der Waals surface area contributed by atoms with E-state index in [1.165, 1.54) is 0 Å². The van der Waals surface area contributed by atoms with Gasteiger partial charge in [-0.3, -0.25) is 4.79 Å². The quantitative estimate of drug-likeness (QED) is 0.878. The Balaban J connectivity index is 2.33. The molecule has 3 nitrogen and oxygen atoms in total. The van der Waals surface area contributed by atoms with E-state index in [2.05, 4.69) is 5.32 Å². The summed E-state index contributed by atoms with van der Waals surface area (Å²) >= 11 is 12.2. The average molecular weight is 298 g/mol.